The van der Waals surface area contributed by atoms with E-state index in [2.05, 4.69) is 18.5 Å². The van der Waals surface area contributed by atoms with Crippen molar-refractivity contribution in [2.75, 3.05) is 20.3 Å². The monoisotopic (exact) mass is 520 g/mol. The van der Waals surface area contributed by atoms with Gasteiger partial charge in [0.2, 0.25) is 5.91 Å². The first-order valence-corrected chi connectivity index (χ1v) is 13.1. The van der Waals surface area contributed by atoms with Crippen LogP contribution in [0.4, 0.5) is 4.79 Å². The standard InChI is InChI=1S/C31H40N2O5/c1-7-9-10-13-16-38-29(36)32-27(30(3,4)5)28(35)33-21-31(37-6,19-25(33)20-34)24-17-22(8-2)26-15-12-11-14-23(26)18-24/h7-8,11-12,14-15,17-18,20,25,27H,1-2,9-10,13,16,19,21H2,3-6H3,(H,32,36)/t25-,27+,31-/m0/s1. The van der Waals surface area contributed by atoms with E-state index in [9.17, 15) is 14.4 Å². The van der Waals surface area contributed by atoms with Crippen LogP contribution in [0.3, 0.4) is 0 Å². The van der Waals surface area contributed by atoms with Crippen molar-refractivity contribution >= 4 is 35.1 Å². The SMILES string of the molecule is C=CCCCCOC(=O)N[C@H](C(=O)N1C[C@](OC)(c2cc(C=C)c3ccccc3c2)C[C@H]1C=O)C(C)(C)C. The van der Waals surface area contributed by atoms with Gasteiger partial charge in [0.25, 0.3) is 0 Å². The van der Waals surface area contributed by atoms with Crippen molar-refractivity contribution in [3.63, 3.8) is 0 Å². The molecule has 2 aromatic rings. The number of alkyl carbamates (subject to hydrolysis) is 1. The Morgan fingerprint density at radius 2 is 1.95 bits per heavy atom. The van der Waals surface area contributed by atoms with Crippen LogP contribution in [0.25, 0.3) is 16.8 Å². The topological polar surface area (TPSA) is 84.9 Å². The molecule has 3 rings (SSSR count). The third kappa shape index (κ3) is 6.33. The van der Waals surface area contributed by atoms with Crippen molar-refractivity contribution in [3.8, 4) is 0 Å². The Bertz CT molecular complexity index is 1180. The van der Waals surface area contributed by atoms with Crippen molar-refractivity contribution < 1.29 is 23.9 Å². The molecule has 0 bridgehead atoms. The summed E-state index contributed by atoms with van der Waals surface area (Å²) in [6.45, 7) is 13.7. The van der Waals surface area contributed by atoms with Crippen LogP contribution in [0.2, 0.25) is 0 Å². The average Bonchev–Trinajstić information content (AvgIpc) is 3.30. The fourth-order valence-electron chi connectivity index (χ4n) is 5.04. The van der Waals surface area contributed by atoms with Gasteiger partial charge in [-0.1, -0.05) is 63.8 Å². The van der Waals surface area contributed by atoms with E-state index >= 15 is 0 Å². The Balaban J connectivity index is 1.87. The van der Waals surface area contributed by atoms with E-state index in [4.69, 9.17) is 9.47 Å². The number of unbranched alkanes of at least 4 members (excludes halogenated alkanes) is 2. The third-order valence-electron chi connectivity index (χ3n) is 7.25. The first kappa shape index (κ1) is 29.1. The Hall–Kier alpha value is -3.45. The first-order valence-electron chi connectivity index (χ1n) is 13.1. The molecule has 0 saturated carbocycles. The number of nitrogens with one attached hydrogen (secondary N) is 1. The summed E-state index contributed by atoms with van der Waals surface area (Å²) < 4.78 is 11.4. The van der Waals surface area contributed by atoms with Crippen LogP contribution in [0.5, 0.6) is 0 Å². The minimum atomic E-state index is -0.892. The summed E-state index contributed by atoms with van der Waals surface area (Å²) in [6.07, 6.45) is 6.49. The highest BCUT2D eigenvalue weighted by Gasteiger charge is 2.50. The summed E-state index contributed by atoms with van der Waals surface area (Å²) in [4.78, 5) is 40.2. The lowest BCUT2D eigenvalue weighted by molar-refractivity contribution is -0.139. The van der Waals surface area contributed by atoms with Crippen LogP contribution >= 0.6 is 0 Å². The zero-order chi connectivity index (χ0) is 27.9. The largest absolute Gasteiger partial charge is 0.450 e. The van der Waals surface area contributed by atoms with Gasteiger partial charge in [-0.25, -0.2) is 4.79 Å². The highest BCUT2D eigenvalue weighted by molar-refractivity contribution is 5.92. The smallest absolute Gasteiger partial charge is 0.407 e. The van der Waals surface area contributed by atoms with Crippen molar-refractivity contribution in [1.29, 1.82) is 0 Å². The van der Waals surface area contributed by atoms with Gasteiger partial charge in [-0.2, -0.15) is 0 Å². The number of allylic oxidation sites excluding steroid dienone is 1. The van der Waals surface area contributed by atoms with E-state index in [0.29, 0.717) is 12.8 Å². The van der Waals surface area contributed by atoms with Gasteiger partial charge in [-0.3, -0.25) is 4.79 Å². The van der Waals surface area contributed by atoms with Crippen LogP contribution in [0.15, 0.2) is 55.6 Å². The lowest BCUT2D eigenvalue weighted by atomic mass is 9.85. The number of carbonyl (C=O) groups is 3. The summed E-state index contributed by atoms with van der Waals surface area (Å²) in [5.74, 6) is -0.345. The van der Waals surface area contributed by atoms with Gasteiger partial charge in [0, 0.05) is 13.5 Å². The Labute approximate surface area is 225 Å². The summed E-state index contributed by atoms with van der Waals surface area (Å²) in [6, 6.07) is 10.5. The number of rotatable bonds is 11. The molecule has 1 heterocycles. The number of likely N-dealkylation sites (tertiary alicyclic amines) is 1. The van der Waals surface area contributed by atoms with Gasteiger partial charge in [0.15, 0.2) is 0 Å². The molecule has 0 radical (unpaired) electrons. The molecule has 1 aliphatic rings. The molecule has 0 aromatic heterocycles. The molecule has 2 amide bonds. The van der Waals surface area contributed by atoms with Gasteiger partial charge in [-0.15, -0.1) is 6.58 Å². The van der Waals surface area contributed by atoms with Crippen LogP contribution in [-0.4, -0.2) is 55.5 Å². The van der Waals surface area contributed by atoms with Crippen LogP contribution in [0.1, 0.15) is 57.6 Å². The van der Waals surface area contributed by atoms with Crippen LogP contribution in [0, 0.1) is 5.41 Å². The second-order valence-corrected chi connectivity index (χ2v) is 10.9. The number of carbonyl (C=O) groups excluding carboxylic acids is 3. The van der Waals surface area contributed by atoms with Crippen molar-refractivity contribution in [2.24, 2.45) is 5.41 Å². The third-order valence-corrected chi connectivity index (χ3v) is 7.25. The zero-order valence-electron chi connectivity index (χ0n) is 23.0. The fourth-order valence-corrected chi connectivity index (χ4v) is 5.04. The van der Waals surface area contributed by atoms with Crippen LogP contribution < -0.4 is 5.32 Å². The number of benzene rings is 2. The van der Waals surface area contributed by atoms with Gasteiger partial charge in [-0.05, 0) is 58.7 Å². The quantitative estimate of drug-likeness (QED) is 0.236. The van der Waals surface area contributed by atoms with E-state index in [1.807, 2.05) is 63.2 Å². The molecule has 0 spiro atoms. The molecule has 204 valence electrons. The predicted molar refractivity (Wildman–Crippen MR) is 151 cm³/mol. The number of ether oxygens (including phenoxy) is 2. The van der Waals surface area contributed by atoms with E-state index in [0.717, 1.165) is 41.0 Å². The van der Waals surface area contributed by atoms with Crippen molar-refractivity contribution in [3.05, 3.63) is 66.8 Å². The minimum absolute atomic E-state index is 0.172. The number of hydrogen-bond acceptors (Lipinski definition) is 5. The number of fused-ring (bicyclic) bond motifs is 1. The molecule has 1 fully saturated rings. The Kier molecular flexibility index (Phi) is 9.50. The molecule has 7 nitrogen and oxygen atoms in total. The maximum Gasteiger partial charge on any atom is 0.407 e. The minimum Gasteiger partial charge on any atom is -0.450 e. The molecule has 0 unspecified atom stereocenters. The van der Waals surface area contributed by atoms with Crippen molar-refractivity contribution in [2.45, 2.75) is 64.1 Å². The van der Waals surface area contributed by atoms with E-state index < -0.39 is 29.2 Å². The van der Waals surface area contributed by atoms with Crippen LogP contribution in [-0.2, 0) is 24.7 Å². The summed E-state index contributed by atoms with van der Waals surface area (Å²) >= 11 is 0. The fraction of sp³-hybridized carbons (Fsp3) is 0.452. The van der Waals surface area contributed by atoms with E-state index in [-0.39, 0.29) is 19.1 Å². The maximum atomic E-state index is 13.9. The summed E-state index contributed by atoms with van der Waals surface area (Å²) in [5.41, 5.74) is 0.308. The van der Waals surface area contributed by atoms with Crippen molar-refractivity contribution in [1.82, 2.24) is 10.2 Å². The molecule has 38 heavy (non-hydrogen) atoms. The molecular weight excluding hydrogens is 480 g/mol. The molecule has 0 aliphatic carbocycles. The number of hydrogen-bond donors (Lipinski definition) is 1. The van der Waals surface area contributed by atoms with E-state index in [1.165, 1.54) is 4.90 Å². The molecule has 1 N–H and O–H groups in total. The summed E-state index contributed by atoms with van der Waals surface area (Å²) in [7, 11) is 1.60. The number of amides is 2. The molecule has 1 saturated heterocycles. The Morgan fingerprint density at radius 3 is 2.58 bits per heavy atom. The number of methoxy groups -OCH3 is 1. The number of nitrogens with zero attached hydrogens (tertiary/aromatic N) is 1. The molecule has 3 atom stereocenters. The second kappa shape index (κ2) is 12.4. The zero-order valence-corrected chi connectivity index (χ0v) is 23.0. The van der Waals surface area contributed by atoms with Gasteiger partial charge in [0.05, 0.1) is 19.2 Å². The second-order valence-electron chi connectivity index (χ2n) is 10.9. The Morgan fingerprint density at radius 1 is 1.21 bits per heavy atom. The van der Waals surface area contributed by atoms with Gasteiger partial charge >= 0.3 is 6.09 Å². The highest BCUT2D eigenvalue weighted by atomic mass is 16.5. The highest BCUT2D eigenvalue weighted by Crippen LogP contribution is 2.41. The van der Waals surface area contributed by atoms with Gasteiger partial charge in [0.1, 0.15) is 17.9 Å². The molecule has 1 aliphatic heterocycles. The molecule has 2 aromatic carbocycles. The molecular formula is C31H40N2O5. The lowest BCUT2D eigenvalue weighted by Gasteiger charge is -2.35. The maximum absolute atomic E-state index is 13.9. The first-order chi connectivity index (χ1) is 18.1. The lowest BCUT2D eigenvalue weighted by Crippen LogP contribution is -2.56. The van der Waals surface area contributed by atoms with Gasteiger partial charge < -0.3 is 24.5 Å². The predicted octanol–water partition coefficient (Wildman–Crippen LogP) is 5.62. The summed E-state index contributed by atoms with van der Waals surface area (Å²) in [5, 5.41) is 4.84. The molecule has 7 heteroatoms. The number of aldehydes is 1. The normalized spacial score (nSPS) is 20.1. The van der Waals surface area contributed by atoms with E-state index in [1.54, 1.807) is 13.2 Å². The average molecular weight is 521 g/mol.